The third-order valence-electron chi connectivity index (χ3n) is 3.90. The van der Waals surface area contributed by atoms with Gasteiger partial charge < -0.3 is 11.1 Å². The van der Waals surface area contributed by atoms with Gasteiger partial charge in [-0.05, 0) is 50.6 Å². The summed E-state index contributed by atoms with van der Waals surface area (Å²) in [6, 6.07) is 11.6. The molecule has 0 aromatic heterocycles. The van der Waals surface area contributed by atoms with E-state index in [1.165, 1.54) is 31.2 Å². The Morgan fingerprint density at radius 3 is 2.47 bits per heavy atom. The molecule has 94 valence electrons. The Balaban J connectivity index is 1.75. The van der Waals surface area contributed by atoms with E-state index < -0.39 is 0 Å². The van der Waals surface area contributed by atoms with Crippen molar-refractivity contribution >= 4 is 0 Å². The molecule has 1 aromatic rings. The summed E-state index contributed by atoms with van der Waals surface area (Å²) >= 11 is 0. The van der Waals surface area contributed by atoms with Gasteiger partial charge in [-0.25, -0.2) is 0 Å². The van der Waals surface area contributed by atoms with Gasteiger partial charge in [0.1, 0.15) is 0 Å². The molecule has 0 heterocycles. The fourth-order valence-corrected chi connectivity index (χ4v) is 2.60. The van der Waals surface area contributed by atoms with Crippen LogP contribution in [0.25, 0.3) is 0 Å². The van der Waals surface area contributed by atoms with Crippen LogP contribution >= 0.6 is 0 Å². The Kier molecular flexibility index (Phi) is 4.57. The normalized spacial score (nSPS) is 26.7. The summed E-state index contributed by atoms with van der Waals surface area (Å²) in [5.41, 5.74) is 7.30. The van der Waals surface area contributed by atoms with Crippen LogP contribution in [0.2, 0.25) is 0 Å². The molecule has 1 atom stereocenters. The molecule has 0 radical (unpaired) electrons. The van der Waals surface area contributed by atoms with Gasteiger partial charge in [-0.1, -0.05) is 30.3 Å². The molecule has 0 aliphatic heterocycles. The number of hydrogen-bond donors (Lipinski definition) is 2. The Bertz CT molecular complexity index is 315. The highest BCUT2D eigenvalue weighted by molar-refractivity contribution is 5.17. The fraction of sp³-hybridized carbons (Fsp3) is 0.600. The first-order valence-corrected chi connectivity index (χ1v) is 6.79. The smallest absolute Gasteiger partial charge is 0.0291 e. The summed E-state index contributed by atoms with van der Waals surface area (Å²) in [5, 5.41) is 3.64. The second-order valence-electron chi connectivity index (χ2n) is 5.32. The van der Waals surface area contributed by atoms with Crippen molar-refractivity contribution in [3.63, 3.8) is 0 Å². The van der Waals surface area contributed by atoms with Crippen LogP contribution in [-0.2, 0) is 0 Å². The van der Waals surface area contributed by atoms with Crippen LogP contribution < -0.4 is 11.1 Å². The van der Waals surface area contributed by atoms with Crippen molar-refractivity contribution in [2.24, 2.45) is 11.7 Å². The first-order valence-electron chi connectivity index (χ1n) is 6.79. The van der Waals surface area contributed by atoms with Crippen molar-refractivity contribution in [2.75, 3.05) is 6.54 Å². The van der Waals surface area contributed by atoms with Gasteiger partial charge in [-0.2, -0.15) is 0 Å². The molecule has 1 aromatic carbocycles. The molecule has 2 heteroatoms. The van der Waals surface area contributed by atoms with E-state index >= 15 is 0 Å². The number of rotatable bonds is 4. The fourth-order valence-electron chi connectivity index (χ4n) is 2.60. The van der Waals surface area contributed by atoms with E-state index in [0.717, 1.165) is 12.5 Å². The van der Waals surface area contributed by atoms with Gasteiger partial charge >= 0.3 is 0 Å². The third-order valence-corrected chi connectivity index (χ3v) is 3.90. The van der Waals surface area contributed by atoms with Crippen LogP contribution in [0.3, 0.4) is 0 Å². The maximum atomic E-state index is 5.92. The predicted octanol–water partition coefficient (Wildman–Crippen LogP) is 2.85. The Morgan fingerprint density at radius 2 is 1.82 bits per heavy atom. The monoisotopic (exact) mass is 232 g/mol. The SMILES string of the molecule is CC(NCC1CCC(N)CC1)c1ccccc1. The minimum atomic E-state index is 0.451. The van der Waals surface area contributed by atoms with E-state index in [2.05, 4.69) is 42.6 Å². The van der Waals surface area contributed by atoms with E-state index in [-0.39, 0.29) is 0 Å². The van der Waals surface area contributed by atoms with Crippen LogP contribution in [0.1, 0.15) is 44.2 Å². The second-order valence-corrected chi connectivity index (χ2v) is 5.32. The number of nitrogens with two attached hydrogens (primary N) is 1. The van der Waals surface area contributed by atoms with E-state index in [1.54, 1.807) is 0 Å². The largest absolute Gasteiger partial charge is 0.328 e. The molecule has 1 fully saturated rings. The molecule has 1 saturated carbocycles. The lowest BCUT2D eigenvalue weighted by Gasteiger charge is -2.27. The summed E-state index contributed by atoms with van der Waals surface area (Å²) in [5.74, 6) is 0.820. The molecular formula is C15H24N2. The Morgan fingerprint density at radius 1 is 1.18 bits per heavy atom. The summed E-state index contributed by atoms with van der Waals surface area (Å²) < 4.78 is 0. The quantitative estimate of drug-likeness (QED) is 0.837. The van der Waals surface area contributed by atoms with E-state index in [9.17, 15) is 0 Å². The molecule has 17 heavy (non-hydrogen) atoms. The van der Waals surface area contributed by atoms with Crippen molar-refractivity contribution < 1.29 is 0 Å². The van der Waals surface area contributed by atoms with Crippen LogP contribution in [0.15, 0.2) is 30.3 Å². The van der Waals surface area contributed by atoms with Gasteiger partial charge in [0.25, 0.3) is 0 Å². The van der Waals surface area contributed by atoms with Crippen LogP contribution in [0.5, 0.6) is 0 Å². The van der Waals surface area contributed by atoms with Crippen molar-refractivity contribution in [2.45, 2.75) is 44.7 Å². The second kappa shape index (κ2) is 6.18. The maximum Gasteiger partial charge on any atom is 0.0291 e. The van der Waals surface area contributed by atoms with E-state index in [0.29, 0.717) is 12.1 Å². The summed E-state index contributed by atoms with van der Waals surface area (Å²) in [4.78, 5) is 0. The van der Waals surface area contributed by atoms with Gasteiger partial charge in [0.15, 0.2) is 0 Å². The van der Waals surface area contributed by atoms with Gasteiger partial charge in [0, 0.05) is 12.1 Å². The van der Waals surface area contributed by atoms with E-state index in [4.69, 9.17) is 5.73 Å². The maximum absolute atomic E-state index is 5.92. The third kappa shape index (κ3) is 3.83. The van der Waals surface area contributed by atoms with E-state index in [1.807, 2.05) is 0 Å². The summed E-state index contributed by atoms with van der Waals surface area (Å²) in [6.45, 7) is 3.37. The minimum Gasteiger partial charge on any atom is -0.328 e. The minimum absolute atomic E-state index is 0.451. The molecule has 2 nitrogen and oxygen atoms in total. The zero-order valence-corrected chi connectivity index (χ0v) is 10.7. The van der Waals surface area contributed by atoms with Crippen molar-refractivity contribution in [1.82, 2.24) is 5.32 Å². The standard InChI is InChI=1S/C15H24N2/c1-12(14-5-3-2-4-6-14)17-11-13-7-9-15(16)10-8-13/h2-6,12-13,15,17H,7-11,16H2,1H3. The van der Waals surface area contributed by atoms with Crippen molar-refractivity contribution in [1.29, 1.82) is 0 Å². The molecule has 3 N–H and O–H groups in total. The van der Waals surface area contributed by atoms with Gasteiger partial charge in [-0.3, -0.25) is 0 Å². The lowest BCUT2D eigenvalue weighted by atomic mass is 9.86. The molecule has 1 aliphatic rings. The molecule has 0 spiro atoms. The predicted molar refractivity (Wildman–Crippen MR) is 72.8 cm³/mol. The highest BCUT2D eigenvalue weighted by atomic mass is 14.9. The first kappa shape index (κ1) is 12.6. The molecule has 0 saturated heterocycles. The summed E-state index contributed by atoms with van der Waals surface area (Å²) in [7, 11) is 0. The van der Waals surface area contributed by atoms with Crippen LogP contribution in [0, 0.1) is 5.92 Å². The number of hydrogen-bond acceptors (Lipinski definition) is 2. The van der Waals surface area contributed by atoms with Crippen molar-refractivity contribution in [3.8, 4) is 0 Å². The van der Waals surface area contributed by atoms with Gasteiger partial charge in [0.2, 0.25) is 0 Å². The van der Waals surface area contributed by atoms with Crippen molar-refractivity contribution in [3.05, 3.63) is 35.9 Å². The highest BCUT2D eigenvalue weighted by Gasteiger charge is 2.18. The van der Waals surface area contributed by atoms with Gasteiger partial charge in [0.05, 0.1) is 0 Å². The molecular weight excluding hydrogens is 208 g/mol. The Labute approximate surface area is 105 Å². The molecule has 1 unspecified atom stereocenters. The Hall–Kier alpha value is -0.860. The highest BCUT2D eigenvalue weighted by Crippen LogP contribution is 2.23. The van der Waals surface area contributed by atoms with Crippen LogP contribution in [-0.4, -0.2) is 12.6 Å². The summed E-state index contributed by atoms with van der Waals surface area (Å²) in [6.07, 6.45) is 4.98. The zero-order chi connectivity index (χ0) is 12.1. The molecule has 0 bridgehead atoms. The average molecular weight is 232 g/mol. The molecule has 2 rings (SSSR count). The lowest BCUT2D eigenvalue weighted by molar-refractivity contribution is 0.306. The van der Waals surface area contributed by atoms with Gasteiger partial charge in [-0.15, -0.1) is 0 Å². The number of nitrogens with one attached hydrogen (secondary N) is 1. The molecule has 0 amide bonds. The van der Waals surface area contributed by atoms with Crippen LogP contribution in [0.4, 0.5) is 0 Å². The topological polar surface area (TPSA) is 38.0 Å². The zero-order valence-electron chi connectivity index (χ0n) is 10.7. The number of benzene rings is 1. The first-order chi connectivity index (χ1) is 8.25. The average Bonchev–Trinajstić information content (AvgIpc) is 2.39. The molecule has 1 aliphatic carbocycles. The lowest BCUT2D eigenvalue weighted by Crippen LogP contribution is -2.32.